The van der Waals surface area contributed by atoms with Gasteiger partial charge in [-0.15, -0.1) is 0 Å². The van der Waals surface area contributed by atoms with E-state index in [1.807, 2.05) is 25.1 Å². The number of aromatic amines is 1. The zero-order valence-electron chi connectivity index (χ0n) is 14.7. The maximum atomic E-state index is 12.2. The number of carbonyl (C=O) groups is 1. The van der Waals surface area contributed by atoms with E-state index in [1.54, 1.807) is 36.5 Å². The number of fused-ring (bicyclic) bond motifs is 1. The number of anilines is 2. The Bertz CT molecular complexity index is 1120. The first-order valence-corrected chi connectivity index (χ1v) is 8.57. The van der Waals surface area contributed by atoms with E-state index in [1.165, 1.54) is 6.26 Å². The zero-order valence-corrected chi connectivity index (χ0v) is 15.4. The van der Waals surface area contributed by atoms with Crippen molar-refractivity contribution in [2.45, 2.75) is 0 Å². The number of furan rings is 1. The molecule has 8 heteroatoms. The number of halogens is 1. The van der Waals surface area contributed by atoms with Crippen LogP contribution in [0.15, 0.2) is 53.3 Å². The number of carbonyl (C=O) groups excluding carboxylic acids is 1. The van der Waals surface area contributed by atoms with Crippen LogP contribution in [0.1, 0.15) is 10.6 Å². The summed E-state index contributed by atoms with van der Waals surface area (Å²) < 4.78 is 5.11. The van der Waals surface area contributed by atoms with Crippen molar-refractivity contribution in [1.82, 2.24) is 15.0 Å². The lowest BCUT2D eigenvalue weighted by Crippen LogP contribution is -2.10. The topological polar surface area (TPSA) is 87.1 Å². The van der Waals surface area contributed by atoms with Gasteiger partial charge in [-0.2, -0.15) is 0 Å². The van der Waals surface area contributed by atoms with Crippen molar-refractivity contribution in [3.8, 4) is 11.4 Å². The molecule has 0 aliphatic rings. The Hall–Kier alpha value is -3.32. The second-order valence-electron chi connectivity index (χ2n) is 6.17. The van der Waals surface area contributed by atoms with Gasteiger partial charge in [0.05, 0.1) is 28.7 Å². The highest BCUT2D eigenvalue weighted by Gasteiger charge is 2.14. The molecule has 0 radical (unpaired) electrons. The summed E-state index contributed by atoms with van der Waals surface area (Å²) in [5.41, 5.74) is 3.61. The fraction of sp³-hybridized carbons (Fsp3) is 0.105. The van der Waals surface area contributed by atoms with Gasteiger partial charge >= 0.3 is 0 Å². The standard InChI is InChI=1S/C19H16ClN5O2/c1-25(2)12-9-15-18(21-10-12)24-17(23-15)13-8-11(5-6-14(13)20)22-19(26)16-4-3-7-27-16/h3-10H,1-2H3,(H,22,26)(H,21,23,24). The van der Waals surface area contributed by atoms with Crippen molar-refractivity contribution >= 4 is 40.0 Å². The highest BCUT2D eigenvalue weighted by Crippen LogP contribution is 2.30. The number of aromatic nitrogens is 3. The Morgan fingerprint density at radius 3 is 2.85 bits per heavy atom. The Morgan fingerprint density at radius 2 is 2.11 bits per heavy atom. The molecule has 2 N–H and O–H groups in total. The summed E-state index contributed by atoms with van der Waals surface area (Å²) in [5.74, 6) is 0.471. The van der Waals surface area contributed by atoms with Crippen molar-refractivity contribution in [3.63, 3.8) is 0 Å². The summed E-state index contributed by atoms with van der Waals surface area (Å²) in [7, 11) is 3.89. The van der Waals surface area contributed by atoms with Gasteiger partial charge in [-0.3, -0.25) is 4.79 Å². The molecule has 4 aromatic rings. The van der Waals surface area contributed by atoms with Crippen LogP contribution in [0.3, 0.4) is 0 Å². The third kappa shape index (κ3) is 3.37. The highest BCUT2D eigenvalue weighted by atomic mass is 35.5. The van der Waals surface area contributed by atoms with Gasteiger partial charge in [0, 0.05) is 25.3 Å². The number of imidazole rings is 1. The molecule has 3 heterocycles. The first-order chi connectivity index (χ1) is 13.0. The first-order valence-electron chi connectivity index (χ1n) is 8.19. The molecule has 1 aromatic carbocycles. The van der Waals surface area contributed by atoms with E-state index in [4.69, 9.17) is 16.0 Å². The summed E-state index contributed by atoms with van der Waals surface area (Å²) in [6.07, 6.45) is 3.21. The second kappa shape index (κ2) is 6.77. The Kier molecular flexibility index (Phi) is 4.29. The molecule has 136 valence electrons. The molecule has 7 nitrogen and oxygen atoms in total. The Labute approximate surface area is 160 Å². The van der Waals surface area contributed by atoms with Crippen molar-refractivity contribution < 1.29 is 9.21 Å². The van der Waals surface area contributed by atoms with Crippen molar-refractivity contribution in [3.05, 3.63) is 59.6 Å². The molecular weight excluding hydrogens is 366 g/mol. The molecule has 4 rings (SSSR count). The Morgan fingerprint density at radius 1 is 1.26 bits per heavy atom. The van der Waals surface area contributed by atoms with Gasteiger partial charge in [-0.1, -0.05) is 11.6 Å². The van der Waals surface area contributed by atoms with Gasteiger partial charge in [0.25, 0.3) is 5.91 Å². The molecular formula is C19H16ClN5O2. The van der Waals surface area contributed by atoms with E-state index in [9.17, 15) is 4.79 Å². The monoisotopic (exact) mass is 381 g/mol. The number of benzene rings is 1. The first kappa shape index (κ1) is 17.1. The summed E-state index contributed by atoms with van der Waals surface area (Å²) in [5, 5.41) is 3.30. The van der Waals surface area contributed by atoms with Crippen molar-refractivity contribution in [2.75, 3.05) is 24.3 Å². The molecule has 0 aliphatic carbocycles. The summed E-state index contributed by atoms with van der Waals surface area (Å²) in [6, 6.07) is 10.4. The quantitative estimate of drug-likeness (QED) is 0.553. The van der Waals surface area contributed by atoms with E-state index in [2.05, 4.69) is 20.3 Å². The molecule has 0 aliphatic heterocycles. The smallest absolute Gasteiger partial charge is 0.291 e. The lowest BCUT2D eigenvalue weighted by molar-refractivity contribution is 0.0996. The zero-order chi connectivity index (χ0) is 19.0. The third-order valence-corrected chi connectivity index (χ3v) is 4.39. The highest BCUT2D eigenvalue weighted by molar-refractivity contribution is 6.33. The van der Waals surface area contributed by atoms with Crippen LogP contribution in [0.5, 0.6) is 0 Å². The molecule has 0 saturated heterocycles. The van der Waals surface area contributed by atoms with Crippen LogP contribution in [0, 0.1) is 0 Å². The molecule has 0 bridgehead atoms. The minimum Gasteiger partial charge on any atom is -0.459 e. The average molecular weight is 382 g/mol. The number of nitrogens with one attached hydrogen (secondary N) is 2. The predicted octanol–water partition coefficient (Wildman–Crippen LogP) is 4.19. The number of hydrogen-bond donors (Lipinski definition) is 2. The lowest BCUT2D eigenvalue weighted by atomic mass is 10.2. The molecule has 0 atom stereocenters. The van der Waals surface area contributed by atoms with E-state index in [-0.39, 0.29) is 11.7 Å². The summed E-state index contributed by atoms with van der Waals surface area (Å²) >= 11 is 6.36. The van der Waals surface area contributed by atoms with Crippen LogP contribution >= 0.6 is 11.6 Å². The van der Waals surface area contributed by atoms with Gasteiger partial charge in [-0.05, 0) is 36.4 Å². The summed E-state index contributed by atoms with van der Waals surface area (Å²) in [6.45, 7) is 0. The minimum absolute atomic E-state index is 0.232. The number of hydrogen-bond acceptors (Lipinski definition) is 5. The van der Waals surface area contributed by atoms with Crippen LogP contribution in [0.4, 0.5) is 11.4 Å². The minimum atomic E-state index is -0.338. The van der Waals surface area contributed by atoms with Crippen LogP contribution in [-0.4, -0.2) is 35.0 Å². The second-order valence-corrected chi connectivity index (χ2v) is 6.58. The molecule has 27 heavy (non-hydrogen) atoms. The van der Waals surface area contributed by atoms with Gasteiger partial charge in [-0.25, -0.2) is 9.97 Å². The van der Waals surface area contributed by atoms with Gasteiger partial charge in [0.2, 0.25) is 0 Å². The number of amides is 1. The maximum Gasteiger partial charge on any atom is 0.291 e. The molecule has 3 aromatic heterocycles. The van der Waals surface area contributed by atoms with Crippen molar-refractivity contribution in [1.29, 1.82) is 0 Å². The van der Waals surface area contributed by atoms with Crippen LogP contribution in [0.2, 0.25) is 5.02 Å². The average Bonchev–Trinajstić information content (AvgIpc) is 3.32. The van der Waals surface area contributed by atoms with E-state index >= 15 is 0 Å². The number of H-pyrrole nitrogens is 1. The maximum absolute atomic E-state index is 12.2. The largest absolute Gasteiger partial charge is 0.459 e. The molecule has 0 unspecified atom stereocenters. The van der Waals surface area contributed by atoms with E-state index < -0.39 is 0 Å². The molecule has 1 amide bonds. The SMILES string of the molecule is CN(C)c1cnc2nc(-c3cc(NC(=O)c4ccco4)ccc3Cl)[nH]c2c1. The molecule has 0 spiro atoms. The molecule has 0 fully saturated rings. The van der Waals surface area contributed by atoms with Gasteiger partial charge in [0.15, 0.2) is 11.4 Å². The fourth-order valence-corrected chi connectivity index (χ4v) is 2.85. The van der Waals surface area contributed by atoms with E-state index in [0.29, 0.717) is 27.7 Å². The van der Waals surface area contributed by atoms with Crippen LogP contribution in [-0.2, 0) is 0 Å². The predicted molar refractivity (Wildman–Crippen MR) is 105 cm³/mol. The normalized spacial score (nSPS) is 10.9. The fourth-order valence-electron chi connectivity index (χ4n) is 2.65. The Balaban J connectivity index is 1.69. The number of pyridine rings is 1. The van der Waals surface area contributed by atoms with Gasteiger partial charge in [0.1, 0.15) is 5.82 Å². The molecule has 0 saturated carbocycles. The van der Waals surface area contributed by atoms with Crippen molar-refractivity contribution in [2.24, 2.45) is 0 Å². The lowest BCUT2D eigenvalue weighted by Gasteiger charge is -2.10. The van der Waals surface area contributed by atoms with Crippen LogP contribution < -0.4 is 10.2 Å². The van der Waals surface area contributed by atoms with Crippen LogP contribution in [0.25, 0.3) is 22.6 Å². The van der Waals surface area contributed by atoms with Gasteiger partial charge < -0.3 is 19.6 Å². The number of nitrogens with zero attached hydrogens (tertiary/aromatic N) is 3. The number of rotatable bonds is 4. The van der Waals surface area contributed by atoms with E-state index in [0.717, 1.165) is 11.2 Å². The summed E-state index contributed by atoms with van der Waals surface area (Å²) in [4.78, 5) is 26.3. The third-order valence-electron chi connectivity index (χ3n) is 4.06.